The van der Waals surface area contributed by atoms with E-state index in [2.05, 4.69) is 5.32 Å². The van der Waals surface area contributed by atoms with E-state index < -0.39 is 23.4 Å². The van der Waals surface area contributed by atoms with Crippen LogP contribution in [0, 0.1) is 10.1 Å². The Kier molecular flexibility index (Phi) is 5.73. The van der Waals surface area contributed by atoms with Crippen molar-refractivity contribution in [1.29, 1.82) is 0 Å². The summed E-state index contributed by atoms with van der Waals surface area (Å²) in [5.74, 6) is -1.34. The first-order chi connectivity index (χ1) is 11.3. The van der Waals surface area contributed by atoms with Crippen LogP contribution in [0.25, 0.3) is 0 Å². The number of halogens is 2. The number of hydrogen-bond acceptors (Lipinski definition) is 5. The summed E-state index contributed by atoms with van der Waals surface area (Å²) in [5.41, 5.74) is 0.361. The van der Waals surface area contributed by atoms with Crippen LogP contribution in [0.4, 0.5) is 11.4 Å². The molecule has 0 saturated carbocycles. The van der Waals surface area contributed by atoms with E-state index in [9.17, 15) is 19.7 Å². The van der Waals surface area contributed by atoms with E-state index >= 15 is 0 Å². The molecular weight excluding hydrogens is 359 g/mol. The highest BCUT2D eigenvalue weighted by molar-refractivity contribution is 6.35. The molecule has 9 heteroatoms. The van der Waals surface area contributed by atoms with Crippen LogP contribution >= 0.6 is 23.2 Å². The van der Waals surface area contributed by atoms with E-state index in [-0.39, 0.29) is 21.3 Å². The molecule has 1 N–H and O–H groups in total. The normalized spacial score (nSPS) is 10.1. The zero-order valence-corrected chi connectivity index (χ0v) is 13.5. The molecule has 0 aliphatic carbocycles. The van der Waals surface area contributed by atoms with Gasteiger partial charge in [-0.15, -0.1) is 0 Å². The smallest absolute Gasteiger partial charge is 0.338 e. The molecule has 0 aromatic heterocycles. The molecule has 2 aromatic carbocycles. The van der Waals surface area contributed by atoms with Gasteiger partial charge in [-0.2, -0.15) is 0 Å². The van der Waals surface area contributed by atoms with Crippen LogP contribution in [-0.4, -0.2) is 23.4 Å². The Labute approximate surface area is 146 Å². The predicted molar refractivity (Wildman–Crippen MR) is 88.5 cm³/mol. The van der Waals surface area contributed by atoms with Gasteiger partial charge in [0.1, 0.15) is 0 Å². The van der Waals surface area contributed by atoms with Crippen molar-refractivity contribution < 1.29 is 19.2 Å². The molecule has 0 radical (unpaired) electrons. The number of esters is 1. The number of nitro benzene ring substituents is 1. The lowest BCUT2D eigenvalue weighted by Crippen LogP contribution is -2.20. The molecule has 0 bridgehead atoms. The number of nitrogens with zero attached hydrogens (tertiary/aromatic N) is 1. The van der Waals surface area contributed by atoms with Gasteiger partial charge in [0.15, 0.2) is 6.61 Å². The molecule has 2 aromatic rings. The van der Waals surface area contributed by atoms with Crippen molar-refractivity contribution in [2.24, 2.45) is 0 Å². The second kappa shape index (κ2) is 7.76. The van der Waals surface area contributed by atoms with Gasteiger partial charge in [0.25, 0.3) is 11.6 Å². The topological polar surface area (TPSA) is 98.5 Å². The molecular formula is C15H10Cl2N2O5. The highest BCUT2D eigenvalue weighted by atomic mass is 35.5. The zero-order chi connectivity index (χ0) is 17.7. The molecule has 1 amide bonds. The number of rotatable bonds is 5. The lowest BCUT2D eigenvalue weighted by molar-refractivity contribution is -0.384. The van der Waals surface area contributed by atoms with Crippen LogP contribution in [0.1, 0.15) is 10.4 Å². The van der Waals surface area contributed by atoms with Gasteiger partial charge in [0.05, 0.1) is 10.5 Å². The van der Waals surface area contributed by atoms with Gasteiger partial charge in [0, 0.05) is 27.9 Å². The zero-order valence-electron chi connectivity index (χ0n) is 12.0. The summed E-state index contributed by atoms with van der Waals surface area (Å²) in [4.78, 5) is 33.5. The molecule has 0 saturated heterocycles. The summed E-state index contributed by atoms with van der Waals surface area (Å²) in [6.07, 6.45) is 0. The Bertz CT molecular complexity index is 773. The summed E-state index contributed by atoms with van der Waals surface area (Å²) < 4.78 is 4.86. The Morgan fingerprint density at radius 2 is 1.67 bits per heavy atom. The molecule has 0 spiro atoms. The van der Waals surface area contributed by atoms with Gasteiger partial charge in [0.2, 0.25) is 0 Å². The van der Waals surface area contributed by atoms with Crippen LogP contribution in [-0.2, 0) is 9.53 Å². The van der Waals surface area contributed by atoms with Crippen LogP contribution in [0.2, 0.25) is 10.0 Å². The third kappa shape index (κ3) is 4.94. The first kappa shape index (κ1) is 17.7. The van der Waals surface area contributed by atoms with E-state index in [1.165, 1.54) is 42.5 Å². The lowest BCUT2D eigenvalue weighted by atomic mass is 10.2. The second-order valence-corrected chi connectivity index (χ2v) is 5.46. The molecule has 0 aliphatic rings. The van der Waals surface area contributed by atoms with Crippen LogP contribution in [0.5, 0.6) is 0 Å². The SMILES string of the molecule is O=C(COC(=O)c1cc(Cl)cc(Cl)c1)Nc1ccc([N+](=O)[O-])cc1. The summed E-state index contributed by atoms with van der Waals surface area (Å²) in [7, 11) is 0. The number of amides is 1. The molecule has 0 aliphatic heterocycles. The fourth-order valence-corrected chi connectivity index (χ4v) is 2.28. The van der Waals surface area contributed by atoms with E-state index in [0.717, 1.165) is 0 Å². The van der Waals surface area contributed by atoms with Crippen LogP contribution in [0.15, 0.2) is 42.5 Å². The van der Waals surface area contributed by atoms with Gasteiger partial charge in [-0.25, -0.2) is 4.79 Å². The maximum atomic E-state index is 11.8. The Morgan fingerprint density at radius 1 is 1.08 bits per heavy atom. The minimum absolute atomic E-state index is 0.0998. The highest BCUT2D eigenvalue weighted by Crippen LogP contribution is 2.19. The fraction of sp³-hybridized carbons (Fsp3) is 0.0667. The number of benzene rings is 2. The summed E-state index contributed by atoms with van der Waals surface area (Å²) in [6, 6.07) is 9.42. The molecule has 0 unspecified atom stereocenters. The number of nitrogens with one attached hydrogen (secondary N) is 1. The van der Waals surface area contributed by atoms with Gasteiger partial charge in [-0.3, -0.25) is 14.9 Å². The predicted octanol–water partition coefficient (Wildman–Crippen LogP) is 3.70. The largest absolute Gasteiger partial charge is 0.452 e. The number of non-ortho nitro benzene ring substituents is 1. The van der Waals surface area contributed by atoms with Crippen molar-refractivity contribution in [2.45, 2.75) is 0 Å². The number of hydrogen-bond donors (Lipinski definition) is 1. The minimum atomic E-state index is -0.752. The van der Waals surface area contributed by atoms with E-state index in [4.69, 9.17) is 27.9 Å². The maximum absolute atomic E-state index is 11.8. The molecule has 0 heterocycles. The molecule has 7 nitrogen and oxygen atoms in total. The van der Waals surface area contributed by atoms with E-state index in [1.807, 2.05) is 0 Å². The number of carbonyl (C=O) groups is 2. The molecule has 124 valence electrons. The molecule has 0 fully saturated rings. The van der Waals surface area contributed by atoms with Gasteiger partial charge in [-0.1, -0.05) is 23.2 Å². The monoisotopic (exact) mass is 368 g/mol. The Morgan fingerprint density at radius 3 is 2.21 bits per heavy atom. The quantitative estimate of drug-likeness (QED) is 0.492. The lowest BCUT2D eigenvalue weighted by Gasteiger charge is -2.07. The molecule has 24 heavy (non-hydrogen) atoms. The molecule has 0 atom stereocenters. The van der Waals surface area contributed by atoms with Gasteiger partial charge < -0.3 is 10.1 Å². The Hall–Kier alpha value is -2.64. The van der Waals surface area contributed by atoms with Crippen molar-refractivity contribution >= 4 is 46.5 Å². The van der Waals surface area contributed by atoms with Crippen LogP contribution in [0.3, 0.4) is 0 Å². The standard InChI is InChI=1S/C15H10Cl2N2O5/c16-10-5-9(6-11(17)7-10)15(21)24-8-14(20)18-12-1-3-13(4-2-12)19(22)23/h1-7H,8H2,(H,18,20). The summed E-state index contributed by atoms with van der Waals surface area (Å²) in [6.45, 7) is -0.528. The van der Waals surface area contributed by atoms with Crippen molar-refractivity contribution in [3.8, 4) is 0 Å². The number of anilines is 1. The highest BCUT2D eigenvalue weighted by Gasteiger charge is 2.12. The van der Waals surface area contributed by atoms with Crippen molar-refractivity contribution in [2.75, 3.05) is 11.9 Å². The van der Waals surface area contributed by atoms with Crippen molar-refractivity contribution in [3.05, 3.63) is 68.2 Å². The number of nitro groups is 1. The maximum Gasteiger partial charge on any atom is 0.338 e. The first-order valence-corrected chi connectivity index (χ1v) is 7.28. The second-order valence-electron chi connectivity index (χ2n) is 4.59. The number of ether oxygens (including phenoxy) is 1. The summed E-state index contributed by atoms with van der Waals surface area (Å²) >= 11 is 11.6. The van der Waals surface area contributed by atoms with Gasteiger partial charge >= 0.3 is 5.97 Å². The minimum Gasteiger partial charge on any atom is -0.452 e. The van der Waals surface area contributed by atoms with Crippen molar-refractivity contribution in [1.82, 2.24) is 0 Å². The van der Waals surface area contributed by atoms with Crippen LogP contribution < -0.4 is 5.32 Å². The van der Waals surface area contributed by atoms with E-state index in [1.54, 1.807) is 0 Å². The first-order valence-electron chi connectivity index (χ1n) is 6.52. The Balaban J connectivity index is 1.90. The average molecular weight is 369 g/mol. The van der Waals surface area contributed by atoms with E-state index in [0.29, 0.717) is 5.69 Å². The van der Waals surface area contributed by atoms with Gasteiger partial charge in [-0.05, 0) is 30.3 Å². The summed E-state index contributed by atoms with van der Waals surface area (Å²) in [5, 5.41) is 13.5. The third-order valence-electron chi connectivity index (χ3n) is 2.79. The molecule has 2 rings (SSSR count). The number of carbonyl (C=O) groups excluding carboxylic acids is 2. The average Bonchev–Trinajstić information content (AvgIpc) is 2.52. The fourth-order valence-electron chi connectivity index (χ4n) is 1.75. The third-order valence-corrected chi connectivity index (χ3v) is 3.23. The van der Waals surface area contributed by atoms with Crippen molar-refractivity contribution in [3.63, 3.8) is 0 Å².